The third-order valence-corrected chi connectivity index (χ3v) is 3.18. The lowest BCUT2D eigenvalue weighted by molar-refractivity contribution is -0.188. The number of nitrogens with zero attached hydrogens (tertiary/aromatic N) is 2. The maximum Gasteiger partial charge on any atom is 0.218 e. The molecule has 2 aliphatic heterocycles. The Bertz CT molecular complexity index is 182. The summed E-state index contributed by atoms with van der Waals surface area (Å²) in [6.45, 7) is 6.84. The molecule has 0 atom stereocenters. The van der Waals surface area contributed by atoms with Gasteiger partial charge in [0.2, 0.25) is 5.92 Å². The lowest BCUT2D eigenvalue weighted by Gasteiger charge is -2.45. The van der Waals surface area contributed by atoms with Gasteiger partial charge < -0.3 is 9.47 Å². The molecule has 0 aromatic rings. The highest BCUT2D eigenvalue weighted by atomic mass is 19.2. The summed E-state index contributed by atoms with van der Waals surface area (Å²) in [5.74, 6) is -1.35. The number of morpholine rings is 2. The summed E-state index contributed by atoms with van der Waals surface area (Å²) in [5, 5.41) is 0. The van der Waals surface area contributed by atoms with Crippen molar-refractivity contribution < 1.29 is 13.9 Å². The van der Waals surface area contributed by atoms with Crippen LogP contribution in [0.3, 0.4) is 0 Å². The second-order valence-electron chi connectivity index (χ2n) is 4.10. The van der Waals surface area contributed by atoms with E-state index >= 15 is 0 Å². The fourth-order valence-electron chi connectivity index (χ4n) is 2.14. The molecule has 0 bridgehead atoms. The van der Waals surface area contributed by atoms with Crippen LogP contribution >= 0.6 is 0 Å². The first-order valence-electron chi connectivity index (χ1n) is 5.56. The Morgan fingerprint density at radius 3 is 1.53 bits per heavy atom. The Kier molecular flexibility index (Phi) is 3.56. The second-order valence-corrected chi connectivity index (χ2v) is 4.10. The number of ether oxygens (including phenoxy) is 2. The maximum absolute atomic E-state index is 14.6. The van der Waals surface area contributed by atoms with E-state index in [-0.39, 0.29) is 0 Å². The average Bonchev–Trinajstić information content (AvgIpc) is 2.31. The summed E-state index contributed by atoms with van der Waals surface area (Å²) in [6.07, 6.45) is 0. The lowest BCUT2D eigenvalue weighted by Crippen LogP contribution is -2.61. The molecule has 0 aromatic carbocycles. The molecule has 0 unspecified atom stereocenters. The standard InChI is InChI=1S/C10H19FN2O2/c1-10(11,12-2-6-14-7-3-12)13-4-8-15-9-5-13/h2-9H2,1H3. The Balaban J connectivity index is 1.96. The minimum absolute atomic E-state index is 0.629. The van der Waals surface area contributed by atoms with Crippen molar-refractivity contribution in [3.8, 4) is 0 Å². The normalized spacial score (nSPS) is 26.8. The molecule has 4 nitrogen and oxygen atoms in total. The molecule has 2 fully saturated rings. The molecular formula is C10H19FN2O2. The molecule has 0 spiro atoms. The van der Waals surface area contributed by atoms with Crippen molar-refractivity contribution in [2.45, 2.75) is 12.8 Å². The number of hydrogen-bond donors (Lipinski definition) is 0. The Morgan fingerprint density at radius 2 is 1.20 bits per heavy atom. The molecule has 0 saturated carbocycles. The molecule has 2 heterocycles. The van der Waals surface area contributed by atoms with Crippen molar-refractivity contribution in [3.05, 3.63) is 0 Å². The van der Waals surface area contributed by atoms with Crippen LogP contribution in [-0.2, 0) is 9.47 Å². The highest BCUT2D eigenvalue weighted by Gasteiger charge is 2.39. The largest absolute Gasteiger partial charge is 0.379 e. The molecule has 2 aliphatic rings. The molecule has 2 rings (SSSR count). The van der Waals surface area contributed by atoms with Gasteiger partial charge in [-0.15, -0.1) is 0 Å². The van der Waals surface area contributed by atoms with Gasteiger partial charge in [-0.2, -0.15) is 0 Å². The Hall–Kier alpha value is -0.230. The molecule has 0 N–H and O–H groups in total. The number of rotatable bonds is 2. The molecule has 15 heavy (non-hydrogen) atoms. The van der Waals surface area contributed by atoms with E-state index in [1.807, 2.05) is 9.80 Å². The van der Waals surface area contributed by atoms with Gasteiger partial charge in [0, 0.05) is 26.2 Å². The zero-order chi connectivity index (χ0) is 10.7. The van der Waals surface area contributed by atoms with Crippen LogP contribution in [0.15, 0.2) is 0 Å². The summed E-state index contributed by atoms with van der Waals surface area (Å²) in [4.78, 5) is 3.70. The van der Waals surface area contributed by atoms with Crippen LogP contribution in [0.2, 0.25) is 0 Å². The summed E-state index contributed by atoms with van der Waals surface area (Å²) < 4.78 is 25.1. The van der Waals surface area contributed by atoms with Gasteiger partial charge in [0.15, 0.2) is 0 Å². The average molecular weight is 218 g/mol. The van der Waals surface area contributed by atoms with Crippen molar-refractivity contribution in [2.75, 3.05) is 52.6 Å². The molecule has 0 aromatic heterocycles. The summed E-state index contributed by atoms with van der Waals surface area (Å²) in [7, 11) is 0. The molecule has 5 heteroatoms. The highest BCUT2D eigenvalue weighted by Crippen LogP contribution is 2.24. The van der Waals surface area contributed by atoms with E-state index in [1.165, 1.54) is 0 Å². The zero-order valence-corrected chi connectivity index (χ0v) is 9.25. The molecule has 88 valence electrons. The van der Waals surface area contributed by atoms with Crippen molar-refractivity contribution in [2.24, 2.45) is 0 Å². The van der Waals surface area contributed by atoms with Crippen LogP contribution in [0, 0.1) is 0 Å². The van der Waals surface area contributed by atoms with Gasteiger partial charge in [0.25, 0.3) is 0 Å². The van der Waals surface area contributed by atoms with Crippen LogP contribution in [-0.4, -0.2) is 68.3 Å². The monoisotopic (exact) mass is 218 g/mol. The Labute approximate surface area is 89.9 Å². The van der Waals surface area contributed by atoms with Gasteiger partial charge in [-0.25, -0.2) is 4.39 Å². The predicted molar refractivity (Wildman–Crippen MR) is 54.3 cm³/mol. The van der Waals surface area contributed by atoms with E-state index in [2.05, 4.69) is 0 Å². The summed E-state index contributed by atoms with van der Waals surface area (Å²) in [5.41, 5.74) is 0. The first-order valence-corrected chi connectivity index (χ1v) is 5.56. The van der Waals surface area contributed by atoms with Gasteiger partial charge in [0.05, 0.1) is 26.4 Å². The number of hydrogen-bond acceptors (Lipinski definition) is 4. The first kappa shape index (κ1) is 11.3. The van der Waals surface area contributed by atoms with E-state index < -0.39 is 5.92 Å². The quantitative estimate of drug-likeness (QED) is 0.622. The molecule has 2 saturated heterocycles. The minimum atomic E-state index is -1.35. The second kappa shape index (κ2) is 4.74. The molecule has 0 radical (unpaired) electrons. The fraction of sp³-hybridized carbons (Fsp3) is 1.00. The van der Waals surface area contributed by atoms with Gasteiger partial charge in [-0.3, -0.25) is 9.80 Å². The van der Waals surface area contributed by atoms with E-state index in [0.29, 0.717) is 52.6 Å². The van der Waals surface area contributed by atoms with Gasteiger partial charge in [-0.05, 0) is 6.92 Å². The molecule has 0 aliphatic carbocycles. The van der Waals surface area contributed by atoms with E-state index in [4.69, 9.17) is 9.47 Å². The van der Waals surface area contributed by atoms with Crippen LogP contribution < -0.4 is 0 Å². The van der Waals surface area contributed by atoms with E-state index in [9.17, 15) is 4.39 Å². The van der Waals surface area contributed by atoms with Crippen LogP contribution in [0.4, 0.5) is 4.39 Å². The van der Waals surface area contributed by atoms with Crippen LogP contribution in [0.1, 0.15) is 6.92 Å². The smallest absolute Gasteiger partial charge is 0.218 e. The van der Waals surface area contributed by atoms with Crippen molar-refractivity contribution >= 4 is 0 Å². The third-order valence-electron chi connectivity index (χ3n) is 3.18. The summed E-state index contributed by atoms with van der Waals surface area (Å²) >= 11 is 0. The van der Waals surface area contributed by atoms with Gasteiger partial charge >= 0.3 is 0 Å². The van der Waals surface area contributed by atoms with Crippen LogP contribution in [0.25, 0.3) is 0 Å². The van der Waals surface area contributed by atoms with E-state index in [0.717, 1.165) is 0 Å². The highest BCUT2D eigenvalue weighted by molar-refractivity contribution is 4.80. The zero-order valence-electron chi connectivity index (χ0n) is 9.25. The van der Waals surface area contributed by atoms with Crippen molar-refractivity contribution in [1.82, 2.24) is 9.80 Å². The van der Waals surface area contributed by atoms with Crippen LogP contribution in [0.5, 0.6) is 0 Å². The molecule has 0 amide bonds. The van der Waals surface area contributed by atoms with Gasteiger partial charge in [0.1, 0.15) is 0 Å². The first-order chi connectivity index (χ1) is 7.21. The maximum atomic E-state index is 14.6. The van der Waals surface area contributed by atoms with Crippen molar-refractivity contribution in [3.63, 3.8) is 0 Å². The number of halogens is 1. The van der Waals surface area contributed by atoms with E-state index in [1.54, 1.807) is 6.92 Å². The number of alkyl halides is 1. The lowest BCUT2D eigenvalue weighted by atomic mass is 10.3. The molecular weight excluding hydrogens is 199 g/mol. The summed E-state index contributed by atoms with van der Waals surface area (Å²) in [6, 6.07) is 0. The third kappa shape index (κ3) is 2.47. The Morgan fingerprint density at radius 1 is 0.867 bits per heavy atom. The predicted octanol–water partition coefficient (Wildman–Crippen LogP) is 0.294. The van der Waals surface area contributed by atoms with Gasteiger partial charge in [-0.1, -0.05) is 0 Å². The SMILES string of the molecule is CC(F)(N1CCOCC1)N1CCOCC1. The fourth-order valence-corrected chi connectivity index (χ4v) is 2.14. The minimum Gasteiger partial charge on any atom is -0.379 e. The van der Waals surface area contributed by atoms with Crippen molar-refractivity contribution in [1.29, 1.82) is 0 Å². The topological polar surface area (TPSA) is 24.9 Å².